The molecule has 2 aromatic carbocycles. The fourth-order valence-corrected chi connectivity index (χ4v) is 3.48. The zero-order valence-electron chi connectivity index (χ0n) is 20.7. The van der Waals surface area contributed by atoms with E-state index in [0.29, 0.717) is 17.9 Å². The molecule has 0 fully saturated rings. The Morgan fingerprint density at radius 1 is 1.17 bits per heavy atom. The van der Waals surface area contributed by atoms with E-state index < -0.39 is 24.6 Å². The Morgan fingerprint density at radius 2 is 1.89 bits per heavy atom. The van der Waals surface area contributed by atoms with E-state index in [9.17, 15) is 24.9 Å². The SMILES string of the molecule is COCC(C)(C)NC(=O)C(C#N)=Cc1cccc(OCCC(=O)N[C@@H](CB(O)O)c2ccccc2)c1. The van der Waals surface area contributed by atoms with Crippen LogP contribution in [0.25, 0.3) is 6.08 Å². The van der Waals surface area contributed by atoms with Crippen LogP contribution < -0.4 is 15.4 Å². The molecule has 2 amide bonds. The Hall–Kier alpha value is -3.65. The van der Waals surface area contributed by atoms with Gasteiger partial charge in [-0.1, -0.05) is 42.5 Å². The van der Waals surface area contributed by atoms with E-state index in [2.05, 4.69) is 10.6 Å². The Labute approximate surface area is 211 Å². The number of nitrogens with one attached hydrogen (secondary N) is 2. The molecule has 10 heteroatoms. The molecule has 0 radical (unpaired) electrons. The molecule has 0 saturated carbocycles. The largest absolute Gasteiger partial charge is 0.493 e. The minimum atomic E-state index is -1.56. The number of nitriles is 1. The second kappa shape index (κ2) is 14.0. The lowest BCUT2D eigenvalue weighted by molar-refractivity contribution is -0.122. The molecule has 0 aromatic heterocycles. The van der Waals surface area contributed by atoms with Gasteiger partial charge in [-0.2, -0.15) is 5.26 Å². The molecule has 2 aromatic rings. The summed E-state index contributed by atoms with van der Waals surface area (Å²) in [6.45, 7) is 3.96. The number of methoxy groups -OCH3 is 1. The number of rotatable bonds is 13. The molecule has 9 nitrogen and oxygen atoms in total. The second-order valence-corrected chi connectivity index (χ2v) is 8.86. The first kappa shape index (κ1) is 28.6. The minimum absolute atomic E-state index is 0.0392. The van der Waals surface area contributed by atoms with E-state index in [1.54, 1.807) is 50.2 Å². The van der Waals surface area contributed by atoms with Gasteiger partial charge in [0.05, 0.1) is 31.2 Å². The molecule has 2 rings (SSSR count). The fraction of sp³-hybridized carbons (Fsp3) is 0.346. The maximum atomic E-state index is 12.5. The number of benzene rings is 2. The third-order valence-corrected chi connectivity index (χ3v) is 5.07. The van der Waals surface area contributed by atoms with Crippen molar-refractivity contribution in [1.29, 1.82) is 5.26 Å². The van der Waals surface area contributed by atoms with Gasteiger partial charge in [0.15, 0.2) is 0 Å². The normalized spacial score (nSPS) is 12.3. The van der Waals surface area contributed by atoms with Crippen molar-refractivity contribution in [1.82, 2.24) is 10.6 Å². The van der Waals surface area contributed by atoms with Crippen molar-refractivity contribution in [3.05, 3.63) is 71.3 Å². The summed E-state index contributed by atoms with van der Waals surface area (Å²) in [7, 11) is -0.0282. The molecule has 0 aliphatic heterocycles. The molecule has 0 aliphatic carbocycles. The molecule has 190 valence electrons. The average Bonchev–Trinajstić information content (AvgIpc) is 2.82. The molecule has 4 N–H and O–H groups in total. The first-order valence-corrected chi connectivity index (χ1v) is 11.5. The van der Waals surface area contributed by atoms with Crippen LogP contribution in [0.5, 0.6) is 5.75 Å². The lowest BCUT2D eigenvalue weighted by atomic mass is 9.79. The van der Waals surface area contributed by atoms with Crippen molar-refractivity contribution in [2.75, 3.05) is 20.3 Å². The first-order chi connectivity index (χ1) is 17.1. The summed E-state index contributed by atoms with van der Waals surface area (Å²) in [5.41, 5.74) is 0.660. The molecule has 0 bridgehead atoms. The van der Waals surface area contributed by atoms with Gasteiger partial charge in [0.2, 0.25) is 5.91 Å². The van der Waals surface area contributed by atoms with Gasteiger partial charge in [-0.05, 0) is 43.2 Å². The third-order valence-electron chi connectivity index (χ3n) is 5.07. The second-order valence-electron chi connectivity index (χ2n) is 8.86. The molecule has 0 heterocycles. The van der Waals surface area contributed by atoms with Gasteiger partial charge >= 0.3 is 7.12 Å². The van der Waals surface area contributed by atoms with Gasteiger partial charge in [-0.25, -0.2) is 0 Å². The van der Waals surface area contributed by atoms with Crippen LogP contribution in [-0.4, -0.2) is 54.8 Å². The van der Waals surface area contributed by atoms with E-state index in [0.717, 1.165) is 5.56 Å². The van der Waals surface area contributed by atoms with E-state index in [1.807, 2.05) is 24.3 Å². The van der Waals surface area contributed by atoms with Gasteiger partial charge in [0.1, 0.15) is 17.4 Å². The molecular formula is C26H32BN3O6. The number of carbonyl (C=O) groups is 2. The Kier molecular flexibility index (Phi) is 11.2. The summed E-state index contributed by atoms with van der Waals surface area (Å²) in [4.78, 5) is 24.9. The number of amides is 2. The standard InChI is InChI=1S/C26H32BN3O6/c1-26(2,18-35-3)30-25(32)21(17-28)14-19-8-7-11-22(15-19)36-13-12-24(31)29-23(16-27(33)34)20-9-5-4-6-10-20/h4-11,14-15,23,33-34H,12-13,16,18H2,1-3H3,(H,29,31)(H,30,32)/t23-/m0/s1. The van der Waals surface area contributed by atoms with Gasteiger partial charge in [-0.3, -0.25) is 9.59 Å². The highest BCUT2D eigenvalue weighted by atomic mass is 16.5. The summed E-state index contributed by atoms with van der Waals surface area (Å²) in [5, 5.41) is 33.7. The summed E-state index contributed by atoms with van der Waals surface area (Å²) >= 11 is 0. The monoisotopic (exact) mass is 493 g/mol. The van der Waals surface area contributed by atoms with Crippen LogP contribution in [0.4, 0.5) is 0 Å². The summed E-state index contributed by atoms with van der Waals surface area (Å²) in [6.07, 6.45) is 1.47. The quantitative estimate of drug-likeness (QED) is 0.191. The topological polar surface area (TPSA) is 141 Å². The highest BCUT2D eigenvalue weighted by molar-refractivity contribution is 6.41. The lowest BCUT2D eigenvalue weighted by Gasteiger charge is -2.24. The number of ether oxygens (including phenoxy) is 2. The van der Waals surface area contributed by atoms with Crippen molar-refractivity contribution in [3.8, 4) is 11.8 Å². The molecule has 0 unspecified atom stereocenters. The first-order valence-electron chi connectivity index (χ1n) is 11.5. The molecule has 0 saturated heterocycles. The van der Waals surface area contributed by atoms with Crippen LogP contribution in [0.2, 0.25) is 6.32 Å². The third kappa shape index (κ3) is 9.92. The highest BCUT2D eigenvalue weighted by Crippen LogP contribution is 2.19. The van der Waals surface area contributed by atoms with Crippen molar-refractivity contribution in [2.24, 2.45) is 0 Å². The highest BCUT2D eigenvalue weighted by Gasteiger charge is 2.23. The summed E-state index contributed by atoms with van der Waals surface area (Å²) < 4.78 is 10.8. The summed E-state index contributed by atoms with van der Waals surface area (Å²) in [5.74, 6) is -0.342. The average molecular weight is 493 g/mol. The predicted octanol–water partition coefficient (Wildman–Crippen LogP) is 2.23. The Balaban J connectivity index is 1.96. The number of nitrogens with zero attached hydrogens (tertiary/aromatic N) is 1. The Morgan fingerprint density at radius 3 is 2.53 bits per heavy atom. The predicted molar refractivity (Wildman–Crippen MR) is 137 cm³/mol. The van der Waals surface area contributed by atoms with Crippen LogP contribution in [0.3, 0.4) is 0 Å². The fourth-order valence-electron chi connectivity index (χ4n) is 3.48. The van der Waals surface area contributed by atoms with Crippen LogP contribution in [0, 0.1) is 11.3 Å². The maximum Gasteiger partial charge on any atom is 0.453 e. The number of hydrogen-bond donors (Lipinski definition) is 4. The summed E-state index contributed by atoms with van der Waals surface area (Å²) in [6, 6.07) is 17.3. The van der Waals surface area contributed by atoms with Gasteiger partial charge in [0.25, 0.3) is 5.91 Å². The molecule has 1 atom stereocenters. The van der Waals surface area contributed by atoms with E-state index >= 15 is 0 Å². The van der Waals surface area contributed by atoms with Gasteiger partial charge < -0.3 is 30.2 Å². The molecule has 0 spiro atoms. The zero-order chi connectivity index (χ0) is 26.6. The van der Waals surface area contributed by atoms with Crippen molar-refractivity contribution >= 4 is 25.0 Å². The Bertz CT molecular complexity index is 1080. The zero-order valence-corrected chi connectivity index (χ0v) is 20.7. The van der Waals surface area contributed by atoms with Crippen LogP contribution in [-0.2, 0) is 14.3 Å². The van der Waals surface area contributed by atoms with E-state index in [1.165, 1.54) is 13.2 Å². The number of hydrogen-bond acceptors (Lipinski definition) is 7. The van der Waals surface area contributed by atoms with Gasteiger partial charge in [0, 0.05) is 13.4 Å². The molecule has 0 aliphatic rings. The van der Waals surface area contributed by atoms with Crippen molar-refractivity contribution in [2.45, 2.75) is 38.2 Å². The maximum absolute atomic E-state index is 12.5. The number of carbonyl (C=O) groups excluding carboxylic acids is 2. The smallest absolute Gasteiger partial charge is 0.453 e. The molecule has 36 heavy (non-hydrogen) atoms. The van der Waals surface area contributed by atoms with Crippen LogP contribution >= 0.6 is 0 Å². The van der Waals surface area contributed by atoms with E-state index in [-0.39, 0.29) is 30.8 Å². The van der Waals surface area contributed by atoms with Crippen molar-refractivity contribution in [3.63, 3.8) is 0 Å². The van der Waals surface area contributed by atoms with Gasteiger partial charge in [-0.15, -0.1) is 0 Å². The van der Waals surface area contributed by atoms with Crippen LogP contribution in [0.15, 0.2) is 60.2 Å². The van der Waals surface area contributed by atoms with Crippen LogP contribution in [0.1, 0.15) is 37.4 Å². The van der Waals surface area contributed by atoms with Crippen molar-refractivity contribution < 1.29 is 29.1 Å². The van der Waals surface area contributed by atoms with E-state index in [4.69, 9.17) is 9.47 Å². The minimum Gasteiger partial charge on any atom is -0.493 e. The molecular weight excluding hydrogens is 461 g/mol. The lowest BCUT2D eigenvalue weighted by Crippen LogP contribution is -2.47.